The summed E-state index contributed by atoms with van der Waals surface area (Å²) in [6.45, 7) is 0. The fraction of sp³-hybridized carbons (Fsp3) is 0. The Morgan fingerprint density at radius 3 is 2.88 bits per heavy atom. The number of hydrogen-bond acceptors (Lipinski definition) is 6. The van der Waals surface area contributed by atoms with Gasteiger partial charge in [-0.2, -0.15) is 0 Å². The minimum Gasteiger partial charge on any atom is -0.476 e. The van der Waals surface area contributed by atoms with Gasteiger partial charge in [0.25, 0.3) is 0 Å². The van der Waals surface area contributed by atoms with Crippen LogP contribution in [0.3, 0.4) is 0 Å². The number of halogens is 1. The van der Waals surface area contributed by atoms with Crippen LogP contribution in [0.5, 0.6) is 0 Å². The van der Waals surface area contributed by atoms with Crippen LogP contribution in [0.2, 0.25) is 0 Å². The zero-order valence-corrected chi connectivity index (χ0v) is 10.8. The number of aromatic nitrogens is 3. The molecule has 2 rings (SSSR count). The highest BCUT2D eigenvalue weighted by molar-refractivity contribution is 9.11. The molecule has 0 aromatic carbocycles. The average molecular weight is 318 g/mol. The van der Waals surface area contributed by atoms with Gasteiger partial charge >= 0.3 is 5.97 Å². The van der Waals surface area contributed by atoms with Crippen LogP contribution in [0.4, 0.5) is 0 Å². The van der Waals surface area contributed by atoms with Crippen LogP contribution < -0.4 is 0 Å². The molecule has 2 heterocycles. The molecule has 0 aliphatic heterocycles. The van der Waals surface area contributed by atoms with Crippen LogP contribution in [-0.2, 0) is 0 Å². The average Bonchev–Trinajstić information content (AvgIpc) is 2.83. The molecule has 0 amide bonds. The third-order valence-electron chi connectivity index (χ3n) is 1.58. The summed E-state index contributed by atoms with van der Waals surface area (Å²) in [5.41, 5.74) is 0.759. The van der Waals surface area contributed by atoms with Gasteiger partial charge in [0.2, 0.25) is 0 Å². The topological polar surface area (TPSA) is 76.0 Å². The number of carbonyl (C=O) groups is 1. The minimum atomic E-state index is -1.04. The van der Waals surface area contributed by atoms with Crippen molar-refractivity contribution < 1.29 is 9.90 Å². The van der Waals surface area contributed by atoms with Gasteiger partial charge in [0.15, 0.2) is 5.69 Å². The summed E-state index contributed by atoms with van der Waals surface area (Å²) in [6, 6.07) is 0. The molecule has 0 saturated heterocycles. The summed E-state index contributed by atoms with van der Waals surface area (Å²) in [6.07, 6.45) is 3.44. The van der Waals surface area contributed by atoms with E-state index in [4.69, 9.17) is 5.11 Å². The van der Waals surface area contributed by atoms with Gasteiger partial charge in [-0.15, -0.1) is 16.4 Å². The normalized spacial score (nSPS) is 11.1. The van der Waals surface area contributed by atoms with E-state index in [0.29, 0.717) is 8.79 Å². The molecule has 5 nitrogen and oxygen atoms in total. The van der Waals surface area contributed by atoms with Crippen LogP contribution >= 0.6 is 38.8 Å². The Bertz CT molecular complexity index is 535. The maximum atomic E-state index is 10.7. The van der Waals surface area contributed by atoms with E-state index in [2.05, 4.69) is 30.5 Å². The molecule has 0 atom stereocenters. The van der Waals surface area contributed by atoms with Crippen LogP contribution in [-0.4, -0.2) is 25.6 Å². The van der Waals surface area contributed by atoms with Gasteiger partial charge in [0.05, 0.1) is 5.69 Å². The molecule has 16 heavy (non-hydrogen) atoms. The largest absolute Gasteiger partial charge is 0.476 e. The van der Waals surface area contributed by atoms with Gasteiger partial charge in [-0.05, 0) is 39.6 Å². The molecule has 0 radical (unpaired) electrons. The molecule has 2 aromatic rings. The molecule has 0 aliphatic rings. The summed E-state index contributed by atoms with van der Waals surface area (Å²) in [5.74, 6) is -1.04. The van der Waals surface area contributed by atoms with E-state index < -0.39 is 5.97 Å². The summed E-state index contributed by atoms with van der Waals surface area (Å²) in [5, 5.41) is 15.0. The van der Waals surface area contributed by atoms with Crippen LogP contribution in [0.25, 0.3) is 12.2 Å². The SMILES string of the molecule is O=C(O)c1nc(/C=C/c2csnn2)sc1Br. The van der Waals surface area contributed by atoms with Gasteiger partial charge < -0.3 is 5.11 Å². The maximum Gasteiger partial charge on any atom is 0.356 e. The van der Waals surface area contributed by atoms with Crippen molar-refractivity contribution in [1.82, 2.24) is 14.6 Å². The highest BCUT2D eigenvalue weighted by Crippen LogP contribution is 2.26. The first kappa shape index (κ1) is 11.4. The molecule has 0 aliphatic carbocycles. The second-order valence-corrected chi connectivity index (χ2v) is 5.60. The summed E-state index contributed by atoms with van der Waals surface area (Å²) >= 11 is 5.66. The minimum absolute atomic E-state index is 0.0288. The second kappa shape index (κ2) is 4.81. The van der Waals surface area contributed by atoms with E-state index in [-0.39, 0.29) is 5.69 Å². The van der Waals surface area contributed by atoms with Crippen molar-refractivity contribution in [2.45, 2.75) is 0 Å². The van der Waals surface area contributed by atoms with E-state index in [9.17, 15) is 4.79 Å². The van der Waals surface area contributed by atoms with E-state index >= 15 is 0 Å². The van der Waals surface area contributed by atoms with E-state index in [1.165, 1.54) is 22.9 Å². The van der Waals surface area contributed by atoms with Gasteiger partial charge in [-0.25, -0.2) is 9.78 Å². The van der Waals surface area contributed by atoms with Crippen molar-refractivity contribution in [3.63, 3.8) is 0 Å². The molecular formula is C8H4BrN3O2S2. The first-order valence-corrected chi connectivity index (χ1v) is 6.46. The number of nitrogens with zero attached hydrogens (tertiary/aromatic N) is 3. The standard InChI is InChI=1S/C8H4BrN3O2S2/c9-7-6(8(13)14)10-5(16-7)2-1-4-3-15-12-11-4/h1-3H,(H,13,14)/b2-1+. The summed E-state index contributed by atoms with van der Waals surface area (Å²) < 4.78 is 4.22. The van der Waals surface area contributed by atoms with Crippen molar-refractivity contribution in [2.24, 2.45) is 0 Å². The van der Waals surface area contributed by atoms with Crippen LogP contribution in [0.1, 0.15) is 21.2 Å². The highest BCUT2D eigenvalue weighted by Gasteiger charge is 2.13. The van der Waals surface area contributed by atoms with Gasteiger partial charge in [-0.3, -0.25) is 0 Å². The summed E-state index contributed by atoms with van der Waals surface area (Å²) in [7, 11) is 0. The fourth-order valence-electron chi connectivity index (χ4n) is 0.921. The number of thiazole rings is 1. The Morgan fingerprint density at radius 1 is 1.50 bits per heavy atom. The third-order valence-corrected chi connectivity index (χ3v) is 3.77. The molecule has 0 saturated carbocycles. The van der Waals surface area contributed by atoms with Crippen molar-refractivity contribution in [3.05, 3.63) is 25.6 Å². The monoisotopic (exact) mass is 317 g/mol. The van der Waals surface area contributed by atoms with E-state index in [0.717, 1.165) is 5.69 Å². The van der Waals surface area contributed by atoms with Crippen molar-refractivity contribution >= 4 is 56.9 Å². The quantitative estimate of drug-likeness (QED) is 0.941. The number of rotatable bonds is 3. The Kier molecular flexibility index (Phi) is 3.42. The lowest BCUT2D eigenvalue weighted by atomic mass is 10.4. The lowest BCUT2D eigenvalue weighted by Crippen LogP contribution is -1.96. The molecule has 0 fully saturated rings. The maximum absolute atomic E-state index is 10.7. The molecule has 2 aromatic heterocycles. The highest BCUT2D eigenvalue weighted by atomic mass is 79.9. The smallest absolute Gasteiger partial charge is 0.356 e. The number of carboxylic acids is 1. The van der Waals surface area contributed by atoms with Crippen molar-refractivity contribution in [2.75, 3.05) is 0 Å². The van der Waals surface area contributed by atoms with E-state index in [1.807, 2.05) is 0 Å². The fourth-order valence-corrected chi connectivity index (χ4v) is 2.79. The number of carboxylic acid groups (broad SMARTS) is 1. The van der Waals surface area contributed by atoms with Crippen molar-refractivity contribution in [3.8, 4) is 0 Å². The molecule has 0 spiro atoms. The summed E-state index contributed by atoms with van der Waals surface area (Å²) in [4.78, 5) is 14.7. The molecule has 0 bridgehead atoms. The zero-order chi connectivity index (χ0) is 11.5. The number of hydrogen-bond donors (Lipinski definition) is 1. The third kappa shape index (κ3) is 2.52. The number of aromatic carboxylic acids is 1. The molecule has 1 N–H and O–H groups in total. The first-order chi connectivity index (χ1) is 7.66. The Labute approximate surface area is 107 Å². The Hall–Kier alpha value is -1.12. The lowest BCUT2D eigenvalue weighted by molar-refractivity contribution is 0.0690. The molecular weight excluding hydrogens is 314 g/mol. The van der Waals surface area contributed by atoms with Crippen molar-refractivity contribution in [1.29, 1.82) is 0 Å². The van der Waals surface area contributed by atoms with Gasteiger partial charge in [0.1, 0.15) is 8.79 Å². The Morgan fingerprint density at radius 2 is 2.31 bits per heavy atom. The zero-order valence-electron chi connectivity index (χ0n) is 7.62. The first-order valence-electron chi connectivity index (χ1n) is 4.01. The lowest BCUT2D eigenvalue weighted by Gasteiger charge is -1.83. The van der Waals surface area contributed by atoms with Gasteiger partial charge in [-0.1, -0.05) is 4.49 Å². The Balaban J connectivity index is 2.23. The predicted octanol–water partition coefficient (Wildman–Crippen LogP) is 2.63. The predicted molar refractivity (Wildman–Crippen MR) is 65.6 cm³/mol. The van der Waals surface area contributed by atoms with Gasteiger partial charge in [0, 0.05) is 5.38 Å². The van der Waals surface area contributed by atoms with E-state index in [1.54, 1.807) is 17.5 Å². The van der Waals surface area contributed by atoms with Crippen LogP contribution in [0, 0.1) is 0 Å². The molecule has 8 heteroatoms. The van der Waals surface area contributed by atoms with Crippen LogP contribution in [0.15, 0.2) is 9.17 Å². The second-order valence-electron chi connectivity index (χ2n) is 2.64. The molecule has 0 unspecified atom stereocenters. The molecule has 82 valence electrons.